The second-order valence-electron chi connectivity index (χ2n) is 14.1. The minimum atomic E-state index is 0.629. The van der Waals surface area contributed by atoms with Gasteiger partial charge in [-0.1, -0.05) is 91.0 Å². The fourth-order valence-corrected chi connectivity index (χ4v) is 8.45. The number of furan rings is 1. The van der Waals surface area contributed by atoms with Crippen molar-refractivity contribution in [3.05, 3.63) is 176 Å². The predicted octanol–water partition coefficient (Wildman–Crippen LogP) is 12.5. The van der Waals surface area contributed by atoms with E-state index in [1.54, 1.807) is 0 Å². The van der Waals surface area contributed by atoms with Crippen molar-refractivity contribution >= 4 is 76.5 Å². The Kier molecular flexibility index (Phi) is 6.24. The average molecular weight is 704 g/mol. The summed E-state index contributed by atoms with van der Waals surface area (Å²) >= 11 is 0. The Bertz CT molecular complexity index is 3490. The van der Waals surface area contributed by atoms with Crippen LogP contribution in [0.2, 0.25) is 0 Å². The highest BCUT2D eigenvalue weighted by Crippen LogP contribution is 2.41. The van der Waals surface area contributed by atoms with Crippen LogP contribution in [-0.4, -0.2) is 24.1 Å². The number of nitrogens with zero attached hydrogens (tertiary/aromatic N) is 5. The lowest BCUT2D eigenvalue weighted by atomic mass is 10.1. The molecule has 0 spiro atoms. The Balaban J connectivity index is 1.17. The second-order valence-corrected chi connectivity index (χ2v) is 14.1. The zero-order valence-electron chi connectivity index (χ0n) is 29.4. The van der Waals surface area contributed by atoms with Crippen molar-refractivity contribution in [2.24, 2.45) is 0 Å². The molecule has 0 aliphatic rings. The van der Waals surface area contributed by atoms with Gasteiger partial charge in [-0.15, -0.1) is 0 Å². The lowest BCUT2D eigenvalue weighted by Gasteiger charge is -2.11. The van der Waals surface area contributed by atoms with Gasteiger partial charge in [0.05, 0.1) is 27.8 Å². The van der Waals surface area contributed by atoms with Gasteiger partial charge in [0.1, 0.15) is 11.1 Å². The van der Waals surface area contributed by atoms with Gasteiger partial charge in [-0.2, -0.15) is 0 Å². The van der Waals surface area contributed by atoms with Crippen LogP contribution in [0.1, 0.15) is 0 Å². The molecule has 0 unspecified atom stereocenters. The van der Waals surface area contributed by atoms with E-state index in [0.717, 1.165) is 82.6 Å². The summed E-state index contributed by atoms with van der Waals surface area (Å²) < 4.78 is 11.4. The number of hydrogen-bond acceptors (Lipinski definition) is 4. The van der Waals surface area contributed by atoms with Crippen LogP contribution in [0, 0.1) is 0 Å². The molecule has 0 N–H and O–H groups in total. The number of para-hydroxylation sites is 3. The third-order valence-corrected chi connectivity index (χ3v) is 11.0. The Labute approximate surface area is 314 Å². The second kappa shape index (κ2) is 11.5. The number of fused-ring (bicyclic) bond motifs is 10. The van der Waals surface area contributed by atoms with E-state index in [1.165, 1.54) is 10.8 Å². The average Bonchev–Trinajstić information content (AvgIpc) is 3.90. The molecule has 0 aliphatic heterocycles. The van der Waals surface area contributed by atoms with Crippen LogP contribution in [0.25, 0.3) is 111 Å². The van der Waals surface area contributed by atoms with Crippen molar-refractivity contribution in [3.63, 3.8) is 0 Å². The number of pyridine rings is 1. The molecule has 7 aromatic carbocycles. The van der Waals surface area contributed by atoms with Gasteiger partial charge in [-0.25, -0.2) is 9.97 Å². The molecule has 0 bridgehead atoms. The molecule has 6 heteroatoms. The normalized spacial score (nSPS) is 12.0. The molecule has 5 heterocycles. The van der Waals surface area contributed by atoms with E-state index in [-0.39, 0.29) is 0 Å². The van der Waals surface area contributed by atoms with E-state index in [4.69, 9.17) is 14.4 Å². The Morgan fingerprint density at radius 1 is 0.436 bits per heavy atom. The fourth-order valence-electron chi connectivity index (χ4n) is 8.45. The highest BCUT2D eigenvalue weighted by atomic mass is 16.3. The molecule has 12 rings (SSSR count). The molecule has 5 aromatic heterocycles. The van der Waals surface area contributed by atoms with Gasteiger partial charge in [0.25, 0.3) is 0 Å². The third kappa shape index (κ3) is 4.46. The summed E-state index contributed by atoms with van der Waals surface area (Å²) in [5.41, 5.74) is 10.4. The number of benzene rings is 7. The molecule has 256 valence electrons. The molecule has 0 atom stereocenters. The van der Waals surface area contributed by atoms with E-state index in [9.17, 15) is 0 Å². The molecule has 0 radical (unpaired) electrons. The summed E-state index contributed by atoms with van der Waals surface area (Å²) in [6.45, 7) is 0. The summed E-state index contributed by atoms with van der Waals surface area (Å²) in [4.78, 5) is 15.4. The Morgan fingerprint density at radius 2 is 1.11 bits per heavy atom. The highest BCUT2D eigenvalue weighted by Gasteiger charge is 2.23. The van der Waals surface area contributed by atoms with Crippen molar-refractivity contribution in [1.29, 1.82) is 0 Å². The molecule has 0 amide bonds. The van der Waals surface area contributed by atoms with E-state index >= 15 is 0 Å². The lowest BCUT2D eigenvalue weighted by Crippen LogP contribution is -2.02. The number of hydrogen-bond donors (Lipinski definition) is 0. The maximum atomic E-state index is 6.85. The van der Waals surface area contributed by atoms with Crippen LogP contribution >= 0.6 is 0 Å². The van der Waals surface area contributed by atoms with E-state index < -0.39 is 0 Å². The molecular formula is C49H29N5O. The van der Waals surface area contributed by atoms with Crippen molar-refractivity contribution < 1.29 is 4.42 Å². The molecular weight excluding hydrogens is 675 g/mol. The summed E-state index contributed by atoms with van der Waals surface area (Å²) in [6, 6.07) is 59.5. The number of aromatic nitrogens is 5. The molecule has 0 fully saturated rings. The lowest BCUT2D eigenvalue weighted by molar-refractivity contribution is 0.662. The fraction of sp³-hybridized carbons (Fsp3) is 0. The maximum Gasteiger partial charge on any atom is 0.197 e. The third-order valence-electron chi connectivity index (χ3n) is 11.0. The SMILES string of the molecule is c1ccc(-n2c3ccccc3c3cc(-c4nc(-n5c6ccccc6c6cc7ccccc7cc65)c5oc6cc(-c7ccccn7)ccc6c5n4)ccc32)cc1. The molecule has 12 aromatic rings. The molecule has 55 heavy (non-hydrogen) atoms. The van der Waals surface area contributed by atoms with Crippen molar-refractivity contribution in [2.45, 2.75) is 0 Å². The van der Waals surface area contributed by atoms with Crippen LogP contribution in [0.15, 0.2) is 180 Å². The van der Waals surface area contributed by atoms with Gasteiger partial charge >= 0.3 is 0 Å². The van der Waals surface area contributed by atoms with Crippen LogP contribution in [-0.2, 0) is 0 Å². The summed E-state index contributed by atoms with van der Waals surface area (Å²) in [5, 5.41) is 7.91. The van der Waals surface area contributed by atoms with Gasteiger partial charge in [0.2, 0.25) is 0 Å². The Morgan fingerprint density at radius 3 is 1.91 bits per heavy atom. The molecule has 0 saturated carbocycles. The zero-order valence-corrected chi connectivity index (χ0v) is 29.4. The van der Waals surface area contributed by atoms with Crippen molar-refractivity contribution in [1.82, 2.24) is 24.1 Å². The maximum absolute atomic E-state index is 6.85. The highest BCUT2D eigenvalue weighted by molar-refractivity contribution is 6.15. The predicted molar refractivity (Wildman–Crippen MR) is 224 cm³/mol. The van der Waals surface area contributed by atoms with Gasteiger partial charge in [-0.05, 0) is 89.6 Å². The van der Waals surface area contributed by atoms with Gasteiger partial charge in [0, 0.05) is 49.9 Å². The first-order valence-electron chi connectivity index (χ1n) is 18.4. The van der Waals surface area contributed by atoms with Crippen LogP contribution in [0.3, 0.4) is 0 Å². The van der Waals surface area contributed by atoms with Crippen LogP contribution in [0.4, 0.5) is 0 Å². The minimum absolute atomic E-state index is 0.629. The van der Waals surface area contributed by atoms with Crippen LogP contribution in [0.5, 0.6) is 0 Å². The van der Waals surface area contributed by atoms with Crippen molar-refractivity contribution in [2.75, 3.05) is 0 Å². The van der Waals surface area contributed by atoms with Crippen molar-refractivity contribution in [3.8, 4) is 34.2 Å². The number of rotatable bonds is 4. The minimum Gasteiger partial charge on any atom is -0.450 e. The van der Waals surface area contributed by atoms with E-state index in [0.29, 0.717) is 17.2 Å². The van der Waals surface area contributed by atoms with E-state index in [2.05, 4.69) is 166 Å². The molecule has 6 nitrogen and oxygen atoms in total. The smallest absolute Gasteiger partial charge is 0.197 e. The quantitative estimate of drug-likeness (QED) is 0.183. The summed E-state index contributed by atoms with van der Waals surface area (Å²) in [5.74, 6) is 1.33. The molecule has 0 aliphatic carbocycles. The van der Waals surface area contributed by atoms with Gasteiger partial charge in [0.15, 0.2) is 17.2 Å². The molecule has 0 saturated heterocycles. The Hall–Kier alpha value is -7.57. The van der Waals surface area contributed by atoms with Gasteiger partial charge in [-0.3, -0.25) is 9.55 Å². The summed E-state index contributed by atoms with van der Waals surface area (Å²) in [7, 11) is 0. The van der Waals surface area contributed by atoms with E-state index in [1.807, 2.05) is 24.4 Å². The first kappa shape index (κ1) is 29.9. The van der Waals surface area contributed by atoms with Crippen LogP contribution < -0.4 is 0 Å². The first-order valence-corrected chi connectivity index (χ1v) is 18.4. The first-order chi connectivity index (χ1) is 27.3. The topological polar surface area (TPSA) is 61.7 Å². The zero-order chi connectivity index (χ0) is 36.0. The summed E-state index contributed by atoms with van der Waals surface area (Å²) in [6.07, 6.45) is 1.81. The van der Waals surface area contributed by atoms with Gasteiger partial charge < -0.3 is 8.98 Å². The largest absolute Gasteiger partial charge is 0.450 e. The standard InChI is InChI=1S/C49H29N5O/c1-2-14-34(15-3-1)53-41-19-8-6-16-35(41)38-27-33(22-24-43(38)53)48-51-46-37-23-21-32(40-18-10-11-25-50-40)29-45(37)55-47(46)49(52-48)54-42-20-9-7-17-36(42)39-26-30-12-4-5-13-31(30)28-44(39)54/h1-29H. The monoisotopic (exact) mass is 703 g/mol.